The largest absolute Gasteiger partial charge is 0.391 e. The van der Waals surface area contributed by atoms with Gasteiger partial charge in [-0.1, -0.05) is 6.92 Å². The molecule has 1 saturated heterocycles. The van der Waals surface area contributed by atoms with Crippen LogP contribution in [0.25, 0.3) is 0 Å². The molecule has 0 spiro atoms. The molecule has 0 aromatic carbocycles. The lowest BCUT2D eigenvalue weighted by atomic mass is 9.90. The van der Waals surface area contributed by atoms with Gasteiger partial charge in [-0.3, -0.25) is 4.79 Å². The van der Waals surface area contributed by atoms with E-state index in [1.807, 2.05) is 0 Å². The Bertz CT molecular complexity index is 464. The van der Waals surface area contributed by atoms with Gasteiger partial charge in [0.2, 0.25) is 0 Å². The molecule has 0 amide bonds. The number of anilines is 2. The van der Waals surface area contributed by atoms with E-state index in [0.29, 0.717) is 17.8 Å². The fourth-order valence-corrected chi connectivity index (χ4v) is 2.75. The van der Waals surface area contributed by atoms with E-state index in [0.717, 1.165) is 32.5 Å². The third-order valence-electron chi connectivity index (χ3n) is 3.94. The highest BCUT2D eigenvalue weighted by Gasteiger charge is 2.25. The molecule has 19 heavy (non-hydrogen) atoms. The summed E-state index contributed by atoms with van der Waals surface area (Å²) in [7, 11) is 0. The van der Waals surface area contributed by atoms with Gasteiger partial charge in [0.25, 0.3) is 5.56 Å². The molecule has 2 heterocycles. The van der Waals surface area contributed by atoms with Crippen LogP contribution in [-0.2, 0) is 0 Å². The van der Waals surface area contributed by atoms with E-state index in [1.54, 1.807) is 0 Å². The van der Waals surface area contributed by atoms with Crippen molar-refractivity contribution in [2.45, 2.75) is 32.7 Å². The highest BCUT2D eigenvalue weighted by atomic mass is 16.1. The van der Waals surface area contributed by atoms with Gasteiger partial charge >= 0.3 is 0 Å². The number of nitrogens with two attached hydrogens (primary N) is 1. The molecule has 4 N–H and O–H groups in total. The van der Waals surface area contributed by atoms with Crippen LogP contribution in [0.3, 0.4) is 0 Å². The summed E-state index contributed by atoms with van der Waals surface area (Å²) in [5.74, 6) is 1.30. The van der Waals surface area contributed by atoms with Crippen molar-refractivity contribution in [1.29, 1.82) is 0 Å². The molecule has 1 aromatic rings. The minimum absolute atomic E-state index is 0.223. The monoisotopic (exact) mass is 265 g/mol. The summed E-state index contributed by atoms with van der Waals surface area (Å²) in [6, 6.07) is 0.539. The maximum absolute atomic E-state index is 11.5. The summed E-state index contributed by atoms with van der Waals surface area (Å²) < 4.78 is 0. The lowest BCUT2D eigenvalue weighted by Crippen LogP contribution is -2.42. The zero-order valence-corrected chi connectivity index (χ0v) is 11.6. The van der Waals surface area contributed by atoms with Gasteiger partial charge in [0.05, 0.1) is 6.33 Å². The van der Waals surface area contributed by atoms with Crippen LogP contribution in [0.2, 0.25) is 0 Å². The Morgan fingerprint density at radius 3 is 2.89 bits per heavy atom. The average Bonchev–Trinajstić information content (AvgIpc) is 2.42. The van der Waals surface area contributed by atoms with Crippen LogP contribution in [0.5, 0.6) is 0 Å². The molecule has 0 bridgehead atoms. The number of piperidine rings is 1. The zero-order chi connectivity index (χ0) is 13.8. The van der Waals surface area contributed by atoms with Crippen LogP contribution in [0.15, 0.2) is 11.1 Å². The fourth-order valence-electron chi connectivity index (χ4n) is 2.75. The van der Waals surface area contributed by atoms with Gasteiger partial charge in [0, 0.05) is 19.1 Å². The van der Waals surface area contributed by atoms with E-state index in [2.05, 4.69) is 34.0 Å². The average molecular weight is 265 g/mol. The van der Waals surface area contributed by atoms with Gasteiger partial charge in [0.15, 0.2) is 5.82 Å². The molecular formula is C13H23N5O. The number of rotatable bonds is 4. The molecule has 2 rings (SSSR count). The lowest BCUT2D eigenvalue weighted by Gasteiger charge is -2.35. The molecule has 1 unspecified atom stereocenters. The number of H-pyrrole nitrogens is 1. The first-order valence-corrected chi connectivity index (χ1v) is 6.95. The molecule has 106 valence electrons. The van der Waals surface area contributed by atoms with Gasteiger partial charge < -0.3 is 20.9 Å². The highest BCUT2D eigenvalue weighted by Crippen LogP contribution is 2.25. The molecule has 1 aromatic heterocycles. The van der Waals surface area contributed by atoms with Crippen molar-refractivity contribution in [1.82, 2.24) is 15.3 Å². The van der Waals surface area contributed by atoms with Gasteiger partial charge in [-0.15, -0.1) is 0 Å². The molecule has 1 fully saturated rings. The molecule has 6 nitrogen and oxygen atoms in total. The van der Waals surface area contributed by atoms with Crippen molar-refractivity contribution < 1.29 is 0 Å². The van der Waals surface area contributed by atoms with E-state index in [9.17, 15) is 4.79 Å². The highest BCUT2D eigenvalue weighted by molar-refractivity contribution is 5.60. The van der Waals surface area contributed by atoms with Crippen molar-refractivity contribution in [2.75, 3.05) is 30.3 Å². The van der Waals surface area contributed by atoms with E-state index in [-0.39, 0.29) is 11.2 Å². The van der Waals surface area contributed by atoms with Crippen LogP contribution in [0.4, 0.5) is 11.5 Å². The smallest absolute Gasteiger partial charge is 0.276 e. The Morgan fingerprint density at radius 1 is 1.58 bits per heavy atom. The zero-order valence-electron chi connectivity index (χ0n) is 11.6. The number of aromatic amines is 1. The lowest BCUT2D eigenvalue weighted by molar-refractivity contribution is 0.314. The van der Waals surface area contributed by atoms with E-state index in [1.165, 1.54) is 6.33 Å². The van der Waals surface area contributed by atoms with Crippen molar-refractivity contribution in [2.24, 2.45) is 5.92 Å². The Morgan fingerprint density at radius 2 is 2.26 bits per heavy atom. The minimum Gasteiger partial charge on any atom is -0.391 e. The maximum atomic E-state index is 11.5. The summed E-state index contributed by atoms with van der Waals surface area (Å²) in [5.41, 5.74) is 5.76. The molecule has 0 aliphatic carbocycles. The van der Waals surface area contributed by atoms with Gasteiger partial charge in [-0.25, -0.2) is 4.98 Å². The van der Waals surface area contributed by atoms with Crippen LogP contribution in [-0.4, -0.2) is 35.6 Å². The topological polar surface area (TPSA) is 87.0 Å². The van der Waals surface area contributed by atoms with E-state index >= 15 is 0 Å². The normalized spacial score (nSPS) is 18.5. The predicted molar refractivity (Wildman–Crippen MR) is 77.3 cm³/mol. The molecule has 1 atom stereocenters. The number of nitrogen functional groups attached to an aromatic ring is 1. The Kier molecular flexibility index (Phi) is 4.42. The molecule has 0 radical (unpaired) electrons. The molecular weight excluding hydrogens is 242 g/mol. The van der Waals surface area contributed by atoms with Gasteiger partial charge in [-0.2, -0.15) is 0 Å². The number of hydrogen-bond acceptors (Lipinski definition) is 5. The Labute approximate surface area is 113 Å². The van der Waals surface area contributed by atoms with Crippen molar-refractivity contribution >= 4 is 11.5 Å². The summed E-state index contributed by atoms with van der Waals surface area (Å²) in [6.45, 7) is 7.18. The van der Waals surface area contributed by atoms with E-state index in [4.69, 9.17) is 5.73 Å². The van der Waals surface area contributed by atoms with Gasteiger partial charge in [0.1, 0.15) is 5.69 Å². The molecule has 1 aliphatic rings. The minimum atomic E-state index is -0.256. The molecule has 1 aliphatic heterocycles. The number of nitrogens with zero attached hydrogens (tertiary/aromatic N) is 2. The number of nitrogens with one attached hydrogen (secondary N) is 2. The van der Waals surface area contributed by atoms with Crippen LogP contribution >= 0.6 is 0 Å². The van der Waals surface area contributed by atoms with Crippen LogP contribution < -0.4 is 21.5 Å². The second kappa shape index (κ2) is 6.06. The standard InChI is InChI=1S/C13H23N5O/c1-3-15-9(2)10-4-6-18(7-5-10)12-11(14)13(19)17-8-16-12/h8-10,15H,3-7,14H2,1-2H3,(H,16,17,19). The summed E-state index contributed by atoms with van der Waals surface area (Å²) in [5, 5.41) is 3.48. The fraction of sp³-hybridized carbons (Fsp3) is 0.692. The second-order valence-corrected chi connectivity index (χ2v) is 5.14. The first-order valence-electron chi connectivity index (χ1n) is 6.95. The maximum Gasteiger partial charge on any atom is 0.276 e. The quantitative estimate of drug-likeness (QED) is 0.741. The van der Waals surface area contributed by atoms with E-state index < -0.39 is 0 Å². The van der Waals surface area contributed by atoms with Crippen LogP contribution in [0.1, 0.15) is 26.7 Å². The molecule has 6 heteroatoms. The third kappa shape index (κ3) is 3.07. The predicted octanol–water partition coefficient (Wildman–Crippen LogP) is 0.567. The van der Waals surface area contributed by atoms with Crippen molar-refractivity contribution in [3.8, 4) is 0 Å². The SMILES string of the molecule is CCNC(C)C1CCN(c2nc[nH]c(=O)c2N)CC1. The Hall–Kier alpha value is -1.56. The summed E-state index contributed by atoms with van der Waals surface area (Å²) in [6.07, 6.45) is 3.62. The number of aromatic nitrogens is 2. The number of hydrogen-bond donors (Lipinski definition) is 3. The summed E-state index contributed by atoms with van der Waals surface area (Å²) in [4.78, 5) is 20.3. The van der Waals surface area contributed by atoms with Crippen molar-refractivity contribution in [3.63, 3.8) is 0 Å². The summed E-state index contributed by atoms with van der Waals surface area (Å²) >= 11 is 0. The molecule has 0 saturated carbocycles. The third-order valence-corrected chi connectivity index (χ3v) is 3.94. The van der Waals surface area contributed by atoms with Crippen LogP contribution in [0, 0.1) is 5.92 Å². The Balaban J connectivity index is 2.00. The van der Waals surface area contributed by atoms with Crippen molar-refractivity contribution in [3.05, 3.63) is 16.7 Å². The first kappa shape index (κ1) is 13.9. The first-order chi connectivity index (χ1) is 9.13. The van der Waals surface area contributed by atoms with Gasteiger partial charge in [-0.05, 0) is 32.2 Å². The second-order valence-electron chi connectivity index (χ2n) is 5.14.